The quantitative estimate of drug-likeness (QED) is 0.131. The number of carbonyl (C=O) groups is 1. The second-order valence-electron chi connectivity index (χ2n) is 7.51. The summed E-state index contributed by atoms with van der Waals surface area (Å²) in [7, 11) is 0. The Bertz CT molecular complexity index is 1070. The van der Waals surface area contributed by atoms with Gasteiger partial charge in [0, 0.05) is 6.07 Å². The van der Waals surface area contributed by atoms with E-state index in [-0.39, 0.29) is 5.78 Å². The van der Waals surface area contributed by atoms with Crippen LogP contribution in [0.4, 0.5) is 0 Å². The number of hydrogen-bond donors (Lipinski definition) is 0. The molecule has 0 radical (unpaired) electrons. The Balaban J connectivity index is 1.39. The largest absolute Gasteiger partial charge is 0.493 e. The summed E-state index contributed by atoms with van der Waals surface area (Å²) in [6, 6.07) is 19.8. The van der Waals surface area contributed by atoms with Crippen molar-refractivity contribution in [3.63, 3.8) is 0 Å². The Morgan fingerprint density at radius 1 is 0.867 bits per heavy atom. The molecule has 154 valence electrons. The summed E-state index contributed by atoms with van der Waals surface area (Å²) in [6.07, 6.45) is 7.90. The van der Waals surface area contributed by atoms with Crippen molar-refractivity contribution in [3.8, 4) is 11.5 Å². The van der Waals surface area contributed by atoms with Crippen LogP contribution in [0.15, 0.2) is 66.4 Å². The number of unbranched alkanes of at least 4 members (excludes halogenated alkanes) is 4. The van der Waals surface area contributed by atoms with Crippen LogP contribution in [-0.2, 0) is 0 Å². The van der Waals surface area contributed by atoms with Gasteiger partial charge < -0.3 is 9.47 Å². The highest BCUT2D eigenvalue weighted by molar-refractivity contribution is 14.1. The third-order valence-electron chi connectivity index (χ3n) is 5.26. The molecule has 0 unspecified atom stereocenters. The van der Waals surface area contributed by atoms with Crippen LogP contribution in [0.25, 0.3) is 16.8 Å². The molecule has 3 aromatic carbocycles. The monoisotopic (exact) mass is 512 g/mol. The van der Waals surface area contributed by atoms with E-state index in [2.05, 4.69) is 46.9 Å². The van der Waals surface area contributed by atoms with Crippen LogP contribution in [0.1, 0.15) is 48.0 Å². The summed E-state index contributed by atoms with van der Waals surface area (Å²) in [5.74, 6) is 1.60. The molecule has 3 nitrogen and oxygen atoms in total. The average molecular weight is 512 g/mol. The van der Waals surface area contributed by atoms with Gasteiger partial charge in [-0.15, -0.1) is 0 Å². The number of Topliss-reactive ketones (excluding diaryl/α,β-unsaturated/α-hetero) is 1. The van der Waals surface area contributed by atoms with Crippen LogP contribution < -0.4 is 9.47 Å². The lowest BCUT2D eigenvalue weighted by Crippen LogP contribution is -1.98. The molecule has 0 amide bonds. The number of halogens is 1. The van der Waals surface area contributed by atoms with Crippen LogP contribution >= 0.6 is 22.6 Å². The zero-order chi connectivity index (χ0) is 20.8. The summed E-state index contributed by atoms with van der Waals surface area (Å²) >= 11 is 2.43. The van der Waals surface area contributed by atoms with Gasteiger partial charge in [-0.25, -0.2) is 0 Å². The summed E-state index contributed by atoms with van der Waals surface area (Å²) in [6.45, 7) is 0.691. The second-order valence-corrected chi connectivity index (χ2v) is 8.59. The predicted octanol–water partition coefficient (Wildman–Crippen LogP) is 7.22. The van der Waals surface area contributed by atoms with Gasteiger partial charge in [-0.1, -0.05) is 78.3 Å². The fourth-order valence-electron chi connectivity index (χ4n) is 3.62. The number of ether oxygens (including phenoxy) is 2. The van der Waals surface area contributed by atoms with Gasteiger partial charge in [0.1, 0.15) is 11.5 Å². The molecule has 0 saturated carbocycles. The van der Waals surface area contributed by atoms with Crippen LogP contribution in [0, 0.1) is 0 Å². The lowest BCUT2D eigenvalue weighted by Gasteiger charge is -2.07. The fraction of sp³-hybridized carbons (Fsp3) is 0.269. The van der Waals surface area contributed by atoms with Crippen molar-refractivity contribution in [2.75, 3.05) is 11.0 Å². The van der Waals surface area contributed by atoms with Gasteiger partial charge >= 0.3 is 0 Å². The van der Waals surface area contributed by atoms with Crippen molar-refractivity contribution in [3.05, 3.63) is 77.5 Å². The first-order valence-electron chi connectivity index (χ1n) is 10.5. The van der Waals surface area contributed by atoms with Gasteiger partial charge in [-0.2, -0.15) is 0 Å². The lowest BCUT2D eigenvalue weighted by atomic mass is 10.1. The molecule has 0 aliphatic carbocycles. The van der Waals surface area contributed by atoms with Crippen molar-refractivity contribution in [1.29, 1.82) is 0 Å². The topological polar surface area (TPSA) is 35.5 Å². The number of benzene rings is 3. The van der Waals surface area contributed by atoms with Crippen LogP contribution in [-0.4, -0.2) is 16.8 Å². The van der Waals surface area contributed by atoms with E-state index >= 15 is 0 Å². The number of ketones is 1. The highest BCUT2D eigenvalue weighted by Crippen LogP contribution is 2.35. The number of rotatable bonds is 9. The number of hydrogen-bond acceptors (Lipinski definition) is 3. The molecule has 30 heavy (non-hydrogen) atoms. The highest BCUT2D eigenvalue weighted by atomic mass is 127. The molecule has 3 aromatic rings. The van der Waals surface area contributed by atoms with E-state index in [9.17, 15) is 4.79 Å². The molecule has 0 bridgehead atoms. The normalized spacial score (nSPS) is 14.2. The number of alkyl halides is 1. The minimum absolute atomic E-state index is 0.0834. The second kappa shape index (κ2) is 10.1. The molecule has 0 saturated heterocycles. The van der Waals surface area contributed by atoms with Gasteiger partial charge in [0.2, 0.25) is 5.78 Å². The van der Waals surface area contributed by atoms with Gasteiger partial charge in [-0.05, 0) is 57.9 Å². The molecular formula is C26H25IO3. The van der Waals surface area contributed by atoms with E-state index in [1.54, 1.807) is 6.07 Å². The number of fused-ring (bicyclic) bond motifs is 2. The molecule has 0 aromatic heterocycles. The first kappa shape index (κ1) is 20.9. The lowest BCUT2D eigenvalue weighted by molar-refractivity contribution is 0.101. The van der Waals surface area contributed by atoms with Crippen LogP contribution in [0.2, 0.25) is 0 Å². The Labute approximate surface area is 191 Å². The van der Waals surface area contributed by atoms with E-state index in [0.29, 0.717) is 23.7 Å². The molecule has 4 heteroatoms. The van der Waals surface area contributed by atoms with Crippen molar-refractivity contribution in [2.45, 2.75) is 32.1 Å². The zero-order valence-corrected chi connectivity index (χ0v) is 19.1. The van der Waals surface area contributed by atoms with Gasteiger partial charge in [0.15, 0.2) is 5.76 Å². The Morgan fingerprint density at radius 2 is 1.67 bits per heavy atom. The molecule has 1 aliphatic rings. The SMILES string of the molecule is O=C1/C(=C/c2ccc3ccccc3c2)Oc2cc(OCCCCCCCI)ccc21. The third kappa shape index (κ3) is 5.04. The zero-order valence-electron chi connectivity index (χ0n) is 16.9. The minimum atomic E-state index is -0.0834. The predicted molar refractivity (Wildman–Crippen MR) is 131 cm³/mol. The maximum atomic E-state index is 12.7. The first-order chi connectivity index (χ1) is 14.7. The summed E-state index contributed by atoms with van der Waals surface area (Å²) in [5, 5.41) is 2.31. The van der Waals surface area contributed by atoms with Gasteiger partial charge in [0.05, 0.1) is 12.2 Å². The van der Waals surface area contributed by atoms with Crippen molar-refractivity contribution in [2.24, 2.45) is 0 Å². The van der Waals surface area contributed by atoms with Crippen molar-refractivity contribution >= 4 is 45.2 Å². The molecule has 0 atom stereocenters. The molecule has 4 rings (SSSR count). The molecule has 0 fully saturated rings. The molecule has 0 spiro atoms. The fourth-order valence-corrected chi connectivity index (χ4v) is 4.16. The minimum Gasteiger partial charge on any atom is -0.493 e. The number of carbonyl (C=O) groups excluding carboxylic acids is 1. The van der Waals surface area contributed by atoms with Crippen LogP contribution in [0.5, 0.6) is 11.5 Å². The van der Waals surface area contributed by atoms with E-state index in [0.717, 1.165) is 23.1 Å². The van der Waals surface area contributed by atoms with Crippen molar-refractivity contribution in [1.82, 2.24) is 0 Å². The Hall–Kier alpha value is -2.34. The maximum absolute atomic E-state index is 12.7. The van der Waals surface area contributed by atoms with Gasteiger partial charge in [0.25, 0.3) is 0 Å². The van der Waals surface area contributed by atoms with Crippen LogP contribution in [0.3, 0.4) is 0 Å². The van der Waals surface area contributed by atoms with E-state index in [4.69, 9.17) is 9.47 Å². The highest BCUT2D eigenvalue weighted by Gasteiger charge is 2.27. The Kier molecular flexibility index (Phi) is 7.05. The summed E-state index contributed by atoms with van der Waals surface area (Å²) in [4.78, 5) is 12.7. The molecule has 1 aliphatic heterocycles. The number of allylic oxidation sites excluding steroid dienone is 1. The smallest absolute Gasteiger partial charge is 0.231 e. The van der Waals surface area contributed by atoms with E-state index < -0.39 is 0 Å². The summed E-state index contributed by atoms with van der Waals surface area (Å²) in [5.41, 5.74) is 1.54. The average Bonchev–Trinajstić information content (AvgIpc) is 3.07. The molecule has 1 heterocycles. The third-order valence-corrected chi connectivity index (χ3v) is 6.02. The molecular weight excluding hydrogens is 487 g/mol. The van der Waals surface area contributed by atoms with E-state index in [1.165, 1.54) is 35.5 Å². The van der Waals surface area contributed by atoms with Crippen molar-refractivity contribution < 1.29 is 14.3 Å². The maximum Gasteiger partial charge on any atom is 0.231 e. The Morgan fingerprint density at radius 3 is 2.53 bits per heavy atom. The summed E-state index contributed by atoms with van der Waals surface area (Å²) < 4.78 is 13.0. The molecule has 0 N–H and O–H groups in total. The first-order valence-corrected chi connectivity index (χ1v) is 12.0. The standard InChI is InChI=1S/C26H25IO3/c27-14-6-2-1-3-7-15-29-22-12-13-23-24(18-22)30-25(26(23)28)17-19-10-11-20-8-4-5-9-21(20)16-19/h4-5,8-13,16-18H,1-3,6-7,14-15H2/b25-17-. The van der Waals surface area contributed by atoms with E-state index in [1.807, 2.05) is 36.4 Å². The van der Waals surface area contributed by atoms with Gasteiger partial charge in [-0.3, -0.25) is 4.79 Å².